The van der Waals surface area contributed by atoms with E-state index in [0.29, 0.717) is 17.2 Å². The van der Waals surface area contributed by atoms with Crippen molar-refractivity contribution in [2.45, 2.75) is 98.4 Å². The summed E-state index contributed by atoms with van der Waals surface area (Å²) in [6.45, 7) is 15.7. The monoisotopic (exact) mass is 688 g/mol. The largest absolute Gasteiger partial charge is 0.507 e. The Balaban J connectivity index is 0.00000149. The van der Waals surface area contributed by atoms with E-state index in [1.165, 1.54) is 11.9 Å². The van der Waals surface area contributed by atoms with Crippen molar-refractivity contribution in [3.05, 3.63) is 81.4 Å². The van der Waals surface area contributed by atoms with E-state index >= 15 is 0 Å². The summed E-state index contributed by atoms with van der Waals surface area (Å²) in [6.07, 6.45) is 9.46. The molecule has 1 saturated carbocycles. The molecule has 1 fully saturated rings. The second-order valence-corrected chi connectivity index (χ2v) is 12.4. The molecule has 0 spiro atoms. The van der Waals surface area contributed by atoms with Crippen LogP contribution in [0.4, 0.5) is 5.69 Å². The number of rotatable bonds is 13. The first-order valence-corrected chi connectivity index (χ1v) is 18.4. The molecule has 2 unspecified atom stereocenters. The van der Waals surface area contributed by atoms with Gasteiger partial charge in [-0.2, -0.15) is 0 Å². The number of anilines is 1. The molecule has 5 rings (SSSR count). The number of aryl methyl sites for hydroxylation is 1. The average molecular weight is 689 g/mol. The number of nitrogens with zero attached hydrogens (tertiary/aromatic N) is 4. The molecular formula is C36H60N6O3S2. The van der Waals surface area contributed by atoms with Gasteiger partial charge >= 0.3 is 5.63 Å². The van der Waals surface area contributed by atoms with Crippen LogP contribution in [-0.4, -0.2) is 51.8 Å². The first-order chi connectivity index (χ1) is 22.3. The summed E-state index contributed by atoms with van der Waals surface area (Å²) in [5, 5.41) is 13.2. The molecule has 1 aliphatic heterocycles. The van der Waals surface area contributed by atoms with Gasteiger partial charge in [0.25, 0.3) is 0 Å². The van der Waals surface area contributed by atoms with Crippen LogP contribution in [0.3, 0.4) is 0 Å². The minimum Gasteiger partial charge on any atom is -0.507 e. The van der Waals surface area contributed by atoms with Crippen LogP contribution in [0.15, 0.2) is 68.3 Å². The molecule has 2 aliphatic rings. The molecule has 2 atom stereocenters. The highest BCUT2D eigenvalue weighted by atomic mass is 32.2. The number of aromatic hydroxyl groups is 1. The molecule has 3 aromatic rings. The molecule has 47 heavy (non-hydrogen) atoms. The van der Waals surface area contributed by atoms with Crippen molar-refractivity contribution in [2.24, 2.45) is 13.0 Å². The zero-order chi connectivity index (χ0) is 34.2. The van der Waals surface area contributed by atoms with Crippen LogP contribution in [0.5, 0.6) is 5.75 Å². The summed E-state index contributed by atoms with van der Waals surface area (Å²) in [6, 6.07) is 9.82. The molecular weight excluding hydrogens is 629 g/mol. The summed E-state index contributed by atoms with van der Waals surface area (Å²) in [5.74, 6) is 0.711. The van der Waals surface area contributed by atoms with Crippen LogP contribution in [0.2, 0.25) is 0 Å². The SMILES string of the molecule is C.CC.CC.CC.CCC(CCNSc1cn(C)cn1)c1cc(O)c(C(c2cccc(NSC3=CN(C)CN3C)c2)C2CC2)c(=O)o1. The molecule has 2 aromatic heterocycles. The quantitative estimate of drug-likeness (QED) is 0.119. The van der Waals surface area contributed by atoms with E-state index in [9.17, 15) is 9.90 Å². The average Bonchev–Trinajstić information content (AvgIpc) is 3.74. The summed E-state index contributed by atoms with van der Waals surface area (Å²) < 4.78 is 14.6. The minimum atomic E-state index is -0.435. The Hall–Kier alpha value is -3.02. The van der Waals surface area contributed by atoms with Gasteiger partial charge in [0.2, 0.25) is 0 Å². The van der Waals surface area contributed by atoms with E-state index in [2.05, 4.69) is 57.5 Å². The van der Waals surface area contributed by atoms with Gasteiger partial charge in [-0.3, -0.25) is 4.72 Å². The van der Waals surface area contributed by atoms with E-state index in [1.807, 2.05) is 77.6 Å². The Labute approximate surface area is 292 Å². The molecule has 1 aromatic carbocycles. The van der Waals surface area contributed by atoms with Gasteiger partial charge in [0.1, 0.15) is 21.6 Å². The lowest BCUT2D eigenvalue weighted by Gasteiger charge is -2.21. The summed E-state index contributed by atoms with van der Waals surface area (Å²) >= 11 is 3.05. The summed E-state index contributed by atoms with van der Waals surface area (Å²) in [4.78, 5) is 22.0. The summed E-state index contributed by atoms with van der Waals surface area (Å²) in [5.41, 5.74) is 1.90. The Morgan fingerprint density at radius 3 is 2.32 bits per heavy atom. The Morgan fingerprint density at radius 1 is 1.06 bits per heavy atom. The molecule has 3 heterocycles. The standard InChI is InChI=1S/C29H38N6O3S2.3C2H6.CH4/c1-5-19(11-12-31-39-25-15-33(2)17-30-25)24-14-23(36)28(29(37)38-24)27(20-9-10-20)21-7-6-8-22(13-21)32-40-26-16-34(3)18-35(26)4;3*1-2;/h6-8,13-17,19-20,27,31-32,36H,5,9-12,18H2,1-4H3;3*1-2H3;1H4. The van der Waals surface area contributed by atoms with Gasteiger partial charge in [-0.25, -0.2) is 9.78 Å². The number of imidazole rings is 1. The molecule has 0 radical (unpaired) electrons. The van der Waals surface area contributed by atoms with Crippen LogP contribution in [0.25, 0.3) is 0 Å². The van der Waals surface area contributed by atoms with Gasteiger partial charge in [-0.1, -0.05) is 68.0 Å². The number of hydrogen-bond donors (Lipinski definition) is 3. The third kappa shape index (κ3) is 12.2. The van der Waals surface area contributed by atoms with Gasteiger partial charge in [0.15, 0.2) is 0 Å². The fraction of sp³-hybridized carbons (Fsp3) is 0.556. The van der Waals surface area contributed by atoms with Gasteiger partial charge in [-0.15, -0.1) is 0 Å². The van der Waals surface area contributed by atoms with E-state index in [4.69, 9.17) is 4.42 Å². The highest BCUT2D eigenvalue weighted by Gasteiger charge is 2.37. The van der Waals surface area contributed by atoms with Crippen molar-refractivity contribution < 1.29 is 9.52 Å². The van der Waals surface area contributed by atoms with E-state index in [0.717, 1.165) is 60.2 Å². The highest BCUT2D eigenvalue weighted by molar-refractivity contribution is 8.04. The van der Waals surface area contributed by atoms with Gasteiger partial charge in [0.05, 0.1) is 18.6 Å². The first kappa shape index (κ1) is 42.0. The fourth-order valence-electron chi connectivity index (χ4n) is 5.19. The maximum atomic E-state index is 13.4. The lowest BCUT2D eigenvalue weighted by molar-refractivity contribution is 0.336. The number of hydrogen-bond acceptors (Lipinski definition) is 10. The van der Waals surface area contributed by atoms with Crippen molar-refractivity contribution >= 4 is 29.6 Å². The third-order valence-electron chi connectivity index (χ3n) is 7.40. The minimum absolute atomic E-state index is 0. The van der Waals surface area contributed by atoms with Crippen LogP contribution in [0.1, 0.15) is 110 Å². The number of benzene rings is 1. The molecule has 11 heteroatoms. The fourth-order valence-corrected chi connectivity index (χ4v) is 6.67. The van der Waals surface area contributed by atoms with E-state index in [1.54, 1.807) is 24.3 Å². The Bertz CT molecular complexity index is 1410. The lowest BCUT2D eigenvalue weighted by Crippen LogP contribution is -2.19. The van der Waals surface area contributed by atoms with Gasteiger partial charge in [-0.05, 0) is 61.2 Å². The van der Waals surface area contributed by atoms with Crippen LogP contribution < -0.4 is 15.1 Å². The normalized spacial score (nSPS) is 14.6. The second kappa shape index (κ2) is 21.8. The molecule has 1 aliphatic carbocycles. The van der Waals surface area contributed by atoms with Gasteiger partial charge < -0.3 is 28.6 Å². The van der Waals surface area contributed by atoms with E-state index in [-0.39, 0.29) is 25.0 Å². The van der Waals surface area contributed by atoms with Crippen LogP contribution >= 0.6 is 23.9 Å². The van der Waals surface area contributed by atoms with E-state index < -0.39 is 5.63 Å². The van der Waals surface area contributed by atoms with Gasteiger partial charge in [0, 0.05) is 75.6 Å². The van der Waals surface area contributed by atoms with Crippen LogP contribution in [0, 0.1) is 5.92 Å². The predicted molar refractivity (Wildman–Crippen MR) is 203 cm³/mol. The smallest absolute Gasteiger partial charge is 0.343 e. The zero-order valence-electron chi connectivity index (χ0n) is 29.5. The summed E-state index contributed by atoms with van der Waals surface area (Å²) in [7, 11) is 6.06. The molecule has 0 saturated heterocycles. The molecule has 3 N–H and O–H groups in total. The zero-order valence-corrected chi connectivity index (χ0v) is 31.1. The molecule has 0 bridgehead atoms. The van der Waals surface area contributed by atoms with Crippen molar-refractivity contribution in [3.63, 3.8) is 0 Å². The number of nitrogens with one attached hydrogen (secondary N) is 2. The lowest BCUT2D eigenvalue weighted by atomic mass is 9.87. The maximum absolute atomic E-state index is 13.4. The molecule has 264 valence electrons. The van der Waals surface area contributed by atoms with Crippen molar-refractivity contribution in [1.82, 2.24) is 24.1 Å². The maximum Gasteiger partial charge on any atom is 0.343 e. The molecule has 9 nitrogen and oxygen atoms in total. The Kier molecular flexibility index (Phi) is 19.5. The number of aromatic nitrogens is 2. The third-order valence-corrected chi connectivity index (χ3v) is 9.13. The second-order valence-electron chi connectivity index (χ2n) is 10.7. The topological polar surface area (TPSA) is 98.8 Å². The Morgan fingerprint density at radius 2 is 1.77 bits per heavy atom. The van der Waals surface area contributed by atoms with Crippen LogP contribution in [-0.2, 0) is 7.05 Å². The van der Waals surface area contributed by atoms with Crippen molar-refractivity contribution in [1.29, 1.82) is 0 Å². The predicted octanol–water partition coefficient (Wildman–Crippen LogP) is 9.21. The highest BCUT2D eigenvalue weighted by Crippen LogP contribution is 2.48. The van der Waals surface area contributed by atoms with Crippen molar-refractivity contribution in [2.75, 3.05) is 32.0 Å². The van der Waals surface area contributed by atoms with Crippen molar-refractivity contribution in [3.8, 4) is 5.75 Å². The molecule has 0 amide bonds. The first-order valence-electron chi connectivity index (χ1n) is 16.7.